The number of aromatic nitrogens is 4. The van der Waals surface area contributed by atoms with Gasteiger partial charge in [0.15, 0.2) is 0 Å². The largest absolute Gasteiger partial charge is 0.330 e. The number of urea groups is 1. The van der Waals surface area contributed by atoms with E-state index in [1.54, 1.807) is 22.0 Å². The highest BCUT2D eigenvalue weighted by Crippen LogP contribution is 2.46. The molecular weight excluding hydrogens is 414 g/mol. The molecule has 0 bridgehead atoms. The van der Waals surface area contributed by atoms with Gasteiger partial charge in [-0.25, -0.2) is 19.4 Å². The zero-order valence-electron chi connectivity index (χ0n) is 19.7. The Labute approximate surface area is 194 Å². The van der Waals surface area contributed by atoms with Crippen molar-refractivity contribution in [1.82, 2.24) is 30.0 Å². The minimum Gasteiger partial charge on any atom is -0.330 e. The molecule has 3 aromatic rings. The molecule has 33 heavy (non-hydrogen) atoms. The number of rotatable bonds is 4. The molecule has 1 N–H and O–H groups in total. The summed E-state index contributed by atoms with van der Waals surface area (Å²) in [6.07, 6.45) is 7.26. The molecule has 2 amide bonds. The number of hydrogen-bond donors (Lipinski definition) is 1. The zero-order valence-corrected chi connectivity index (χ0v) is 19.7. The van der Waals surface area contributed by atoms with Crippen molar-refractivity contribution in [2.75, 3.05) is 25.5 Å². The van der Waals surface area contributed by atoms with E-state index in [4.69, 9.17) is 0 Å². The first-order chi connectivity index (χ1) is 15.8. The van der Waals surface area contributed by atoms with Gasteiger partial charge in [-0.1, -0.05) is 30.3 Å². The number of aryl methyl sites for hydroxylation is 2. The van der Waals surface area contributed by atoms with E-state index in [1.807, 2.05) is 19.9 Å². The molecule has 5 rings (SSSR count). The lowest BCUT2D eigenvalue weighted by molar-refractivity contribution is 0.0658. The minimum atomic E-state index is -0.222. The van der Waals surface area contributed by atoms with Gasteiger partial charge in [0.1, 0.15) is 0 Å². The Hall–Kier alpha value is -3.26. The molecule has 1 aliphatic heterocycles. The smallest absolute Gasteiger partial charge is 0.322 e. The Morgan fingerprint density at radius 2 is 1.67 bits per heavy atom. The highest BCUT2D eigenvalue weighted by Gasteiger charge is 2.50. The lowest BCUT2D eigenvalue weighted by Gasteiger charge is -2.48. The van der Waals surface area contributed by atoms with Gasteiger partial charge in [0.25, 0.3) is 5.95 Å². The zero-order chi connectivity index (χ0) is 23.2. The first-order valence-electron chi connectivity index (χ1n) is 11.5. The molecule has 172 valence electrons. The van der Waals surface area contributed by atoms with E-state index in [2.05, 4.69) is 69.7 Å². The Morgan fingerprint density at radius 3 is 2.24 bits per heavy atom. The van der Waals surface area contributed by atoms with Crippen molar-refractivity contribution >= 4 is 11.7 Å². The van der Waals surface area contributed by atoms with Gasteiger partial charge in [0.05, 0.1) is 35.9 Å². The maximum atomic E-state index is 13.0. The first-order valence-corrected chi connectivity index (χ1v) is 11.5. The second kappa shape index (κ2) is 7.95. The Bertz CT molecular complexity index is 1150. The van der Waals surface area contributed by atoms with E-state index in [0.29, 0.717) is 18.2 Å². The second-order valence-electron chi connectivity index (χ2n) is 9.67. The summed E-state index contributed by atoms with van der Waals surface area (Å²) in [7, 11) is 4.32. The van der Waals surface area contributed by atoms with Crippen molar-refractivity contribution in [3.63, 3.8) is 0 Å². The fraction of sp³-hybridized carbons (Fsp3) is 0.440. The van der Waals surface area contributed by atoms with Crippen LogP contribution in [0.4, 0.5) is 10.5 Å². The molecule has 2 aliphatic rings. The number of hydrogen-bond acceptors (Lipinski definition) is 5. The normalized spacial score (nSPS) is 25.1. The highest BCUT2D eigenvalue weighted by molar-refractivity contribution is 5.95. The van der Waals surface area contributed by atoms with Crippen LogP contribution < -0.4 is 10.2 Å². The van der Waals surface area contributed by atoms with Gasteiger partial charge in [0.2, 0.25) is 0 Å². The quantitative estimate of drug-likeness (QED) is 0.664. The molecule has 8 nitrogen and oxygen atoms in total. The molecule has 0 radical (unpaired) electrons. The van der Waals surface area contributed by atoms with Crippen molar-refractivity contribution in [2.24, 2.45) is 0 Å². The fourth-order valence-corrected chi connectivity index (χ4v) is 5.48. The summed E-state index contributed by atoms with van der Waals surface area (Å²) < 4.78 is 1.72. The van der Waals surface area contributed by atoms with Crippen LogP contribution in [0.2, 0.25) is 0 Å². The molecule has 2 fully saturated rings. The van der Waals surface area contributed by atoms with E-state index in [0.717, 1.165) is 37.1 Å². The van der Waals surface area contributed by atoms with Crippen LogP contribution >= 0.6 is 0 Å². The van der Waals surface area contributed by atoms with E-state index in [-0.39, 0.29) is 17.1 Å². The summed E-state index contributed by atoms with van der Waals surface area (Å²) in [4.78, 5) is 26.0. The van der Waals surface area contributed by atoms with Crippen molar-refractivity contribution in [3.8, 4) is 5.95 Å². The van der Waals surface area contributed by atoms with E-state index >= 15 is 0 Å². The van der Waals surface area contributed by atoms with Gasteiger partial charge in [-0.05, 0) is 65.3 Å². The first kappa shape index (κ1) is 21.6. The number of benzene rings is 1. The molecule has 1 aliphatic carbocycles. The highest BCUT2D eigenvalue weighted by atomic mass is 16.2. The fourth-order valence-electron chi connectivity index (χ4n) is 5.48. The van der Waals surface area contributed by atoms with Crippen LogP contribution in [-0.2, 0) is 5.54 Å². The van der Waals surface area contributed by atoms with E-state index < -0.39 is 0 Å². The van der Waals surface area contributed by atoms with Gasteiger partial charge in [0, 0.05) is 11.2 Å². The lowest BCUT2D eigenvalue weighted by Crippen LogP contribution is -2.54. The average molecular weight is 446 g/mol. The number of anilines is 1. The molecule has 3 heterocycles. The summed E-state index contributed by atoms with van der Waals surface area (Å²) in [6.45, 7) is 4.55. The average Bonchev–Trinajstić information content (AvgIpc) is 3.33. The maximum Gasteiger partial charge on any atom is 0.322 e. The Morgan fingerprint density at radius 1 is 1.00 bits per heavy atom. The molecule has 1 aromatic carbocycles. The summed E-state index contributed by atoms with van der Waals surface area (Å²) in [6, 6.07) is 12.6. The second-order valence-corrected chi connectivity index (χ2v) is 9.67. The SMILES string of the molecule is Cc1cc(C)n(-c2ncc(N3CC4(CCC(c5ccccc5)(N(C)C)CC4)NC3=O)cn2)n1. The number of amides is 2. The van der Waals surface area contributed by atoms with Gasteiger partial charge in [-0.15, -0.1) is 0 Å². The topological polar surface area (TPSA) is 79.2 Å². The van der Waals surface area contributed by atoms with Crippen molar-refractivity contribution < 1.29 is 4.79 Å². The van der Waals surface area contributed by atoms with Crippen molar-refractivity contribution in [2.45, 2.75) is 50.6 Å². The van der Waals surface area contributed by atoms with Crippen LogP contribution in [0.3, 0.4) is 0 Å². The number of nitrogens with one attached hydrogen (secondary N) is 1. The summed E-state index contributed by atoms with van der Waals surface area (Å²) >= 11 is 0. The molecule has 1 spiro atoms. The Kier molecular flexibility index (Phi) is 5.20. The maximum absolute atomic E-state index is 13.0. The monoisotopic (exact) mass is 445 g/mol. The molecule has 0 unspecified atom stereocenters. The summed E-state index contributed by atoms with van der Waals surface area (Å²) in [5, 5.41) is 7.74. The lowest BCUT2D eigenvalue weighted by atomic mass is 9.69. The predicted octanol–water partition coefficient (Wildman–Crippen LogP) is 3.58. The van der Waals surface area contributed by atoms with Gasteiger partial charge in [-0.3, -0.25) is 9.80 Å². The Balaban J connectivity index is 1.33. The summed E-state index contributed by atoms with van der Waals surface area (Å²) in [5.74, 6) is 0.509. The molecule has 0 atom stereocenters. The number of nitrogens with zero attached hydrogens (tertiary/aromatic N) is 6. The van der Waals surface area contributed by atoms with Crippen molar-refractivity contribution in [3.05, 3.63) is 65.7 Å². The van der Waals surface area contributed by atoms with Crippen LogP contribution in [0.5, 0.6) is 0 Å². The third-order valence-corrected chi connectivity index (χ3v) is 7.41. The van der Waals surface area contributed by atoms with Gasteiger partial charge >= 0.3 is 6.03 Å². The predicted molar refractivity (Wildman–Crippen MR) is 128 cm³/mol. The van der Waals surface area contributed by atoms with Gasteiger partial charge in [-0.2, -0.15) is 5.10 Å². The van der Waals surface area contributed by atoms with Crippen LogP contribution in [0.25, 0.3) is 5.95 Å². The molecule has 2 aromatic heterocycles. The third kappa shape index (κ3) is 3.68. The van der Waals surface area contributed by atoms with Gasteiger partial charge < -0.3 is 5.32 Å². The minimum absolute atomic E-state index is 0.00479. The molecule has 8 heteroatoms. The van der Waals surface area contributed by atoms with Crippen LogP contribution in [0.1, 0.15) is 42.6 Å². The summed E-state index contributed by atoms with van der Waals surface area (Å²) in [5.41, 5.74) is 3.72. The number of carbonyl (C=O) groups is 1. The molecular formula is C25H31N7O. The van der Waals surface area contributed by atoms with Crippen LogP contribution in [0.15, 0.2) is 48.8 Å². The molecule has 1 saturated carbocycles. The van der Waals surface area contributed by atoms with Crippen LogP contribution in [-0.4, -0.2) is 56.9 Å². The third-order valence-electron chi connectivity index (χ3n) is 7.41. The number of carbonyl (C=O) groups excluding carboxylic acids is 1. The van der Waals surface area contributed by atoms with Crippen molar-refractivity contribution in [1.29, 1.82) is 0 Å². The molecule has 1 saturated heterocycles. The van der Waals surface area contributed by atoms with Crippen LogP contribution in [0, 0.1) is 13.8 Å². The van der Waals surface area contributed by atoms with E-state index in [9.17, 15) is 4.79 Å². The van der Waals surface area contributed by atoms with E-state index in [1.165, 1.54) is 5.56 Å². The standard InChI is InChI=1S/C25H31N7O/c1-18-14-19(2)32(29-18)22-26-15-21(16-27-22)31-17-24(28-23(31)33)10-12-25(13-11-24,30(3)4)20-8-6-5-7-9-20/h5-9,14-16H,10-13,17H2,1-4H3,(H,28,33).